The zero-order valence-electron chi connectivity index (χ0n) is 18.8. The van der Waals surface area contributed by atoms with Crippen molar-refractivity contribution in [1.29, 1.82) is 0 Å². The van der Waals surface area contributed by atoms with E-state index in [0.717, 1.165) is 22.5 Å². The maximum Gasteiger partial charge on any atom is 0.273 e. The van der Waals surface area contributed by atoms with E-state index in [0.29, 0.717) is 25.2 Å². The Labute approximate surface area is 195 Å². The van der Waals surface area contributed by atoms with Crippen LogP contribution in [0.2, 0.25) is 0 Å². The predicted molar refractivity (Wildman–Crippen MR) is 121 cm³/mol. The van der Waals surface area contributed by atoms with E-state index in [9.17, 15) is 19.5 Å². The molecule has 11 nitrogen and oxygen atoms in total. The number of likely N-dealkylation sites (tertiary alicyclic amines) is 1. The van der Waals surface area contributed by atoms with Crippen LogP contribution in [0, 0.1) is 6.92 Å². The number of aryl methyl sites for hydroxylation is 2. The second-order valence-electron chi connectivity index (χ2n) is 8.79. The summed E-state index contributed by atoms with van der Waals surface area (Å²) in [4.78, 5) is 39.4. The van der Waals surface area contributed by atoms with Crippen molar-refractivity contribution in [2.24, 2.45) is 7.05 Å². The van der Waals surface area contributed by atoms with Crippen molar-refractivity contribution in [2.75, 3.05) is 18.4 Å². The van der Waals surface area contributed by atoms with Crippen LogP contribution < -0.4 is 10.6 Å². The lowest BCUT2D eigenvalue weighted by Crippen LogP contribution is -2.41. The number of aromatic nitrogens is 4. The lowest BCUT2D eigenvalue weighted by atomic mass is 9.99. The lowest BCUT2D eigenvalue weighted by Gasteiger charge is -2.19. The van der Waals surface area contributed by atoms with Crippen molar-refractivity contribution >= 4 is 23.4 Å². The molecule has 11 heteroatoms. The van der Waals surface area contributed by atoms with E-state index in [4.69, 9.17) is 0 Å². The zero-order chi connectivity index (χ0) is 24.0. The first kappa shape index (κ1) is 21.7. The van der Waals surface area contributed by atoms with Crippen LogP contribution in [0.25, 0.3) is 0 Å². The summed E-state index contributed by atoms with van der Waals surface area (Å²) < 4.78 is 1.73. The van der Waals surface area contributed by atoms with Gasteiger partial charge in [0.25, 0.3) is 5.91 Å². The highest BCUT2D eigenvalue weighted by Crippen LogP contribution is 2.30. The average molecular weight is 463 g/mol. The van der Waals surface area contributed by atoms with Gasteiger partial charge in [0.05, 0.1) is 18.9 Å². The van der Waals surface area contributed by atoms with Gasteiger partial charge in [-0.15, -0.1) is 0 Å². The fraction of sp³-hybridized carbons (Fsp3) is 0.348. The maximum atomic E-state index is 13.2. The smallest absolute Gasteiger partial charge is 0.273 e. The Kier molecular flexibility index (Phi) is 5.31. The summed E-state index contributed by atoms with van der Waals surface area (Å²) in [5.41, 5.74) is 3.72. The van der Waals surface area contributed by atoms with Gasteiger partial charge < -0.3 is 20.6 Å². The third-order valence-electron chi connectivity index (χ3n) is 6.52. The van der Waals surface area contributed by atoms with Crippen LogP contribution >= 0.6 is 0 Å². The number of benzene rings is 1. The van der Waals surface area contributed by atoms with Gasteiger partial charge in [0, 0.05) is 43.6 Å². The highest BCUT2D eigenvalue weighted by molar-refractivity contribution is 5.99. The molecule has 2 atom stereocenters. The molecule has 176 valence electrons. The van der Waals surface area contributed by atoms with Crippen LogP contribution in [-0.4, -0.2) is 66.8 Å². The molecule has 0 spiro atoms. The molecule has 0 aliphatic carbocycles. The van der Waals surface area contributed by atoms with Crippen molar-refractivity contribution in [3.63, 3.8) is 0 Å². The Morgan fingerprint density at radius 1 is 1.26 bits per heavy atom. The summed E-state index contributed by atoms with van der Waals surface area (Å²) >= 11 is 0. The van der Waals surface area contributed by atoms with Crippen LogP contribution in [-0.2, 0) is 29.5 Å². The highest BCUT2D eigenvalue weighted by atomic mass is 16.3. The van der Waals surface area contributed by atoms with Crippen molar-refractivity contribution in [3.8, 4) is 5.75 Å². The lowest BCUT2D eigenvalue weighted by molar-refractivity contribution is -0.129. The Balaban J connectivity index is 1.34. The van der Waals surface area contributed by atoms with Crippen molar-refractivity contribution in [1.82, 2.24) is 30.2 Å². The predicted octanol–water partition coefficient (Wildman–Crippen LogP) is 0.619. The number of carbonyl (C=O) groups excluding carboxylic acids is 3. The van der Waals surface area contributed by atoms with Crippen LogP contribution in [0.1, 0.15) is 38.9 Å². The fourth-order valence-electron chi connectivity index (χ4n) is 4.68. The largest absolute Gasteiger partial charge is 0.504 e. The number of hydrogen-bond acceptors (Lipinski definition) is 6. The number of aromatic hydroxyl groups is 1. The van der Waals surface area contributed by atoms with E-state index in [1.807, 2.05) is 31.3 Å². The molecule has 0 unspecified atom stereocenters. The number of rotatable bonds is 5. The summed E-state index contributed by atoms with van der Waals surface area (Å²) in [6.07, 6.45) is 2.22. The van der Waals surface area contributed by atoms with Gasteiger partial charge in [-0.05, 0) is 30.2 Å². The SMILES string of the molecule is Cc1n[nH]c(C(=O)N[C@@H]2CN(C(=O)Cc3ccc4c(c3)NC(=O)C4)C[C@H]2c2ccnn2C)c1O. The molecule has 1 aromatic carbocycles. The van der Waals surface area contributed by atoms with Crippen molar-refractivity contribution < 1.29 is 19.5 Å². The molecule has 4 N–H and O–H groups in total. The molecule has 2 aliphatic heterocycles. The maximum absolute atomic E-state index is 13.2. The molecule has 1 saturated heterocycles. The fourth-order valence-corrected chi connectivity index (χ4v) is 4.68. The monoisotopic (exact) mass is 463 g/mol. The number of amides is 3. The molecule has 34 heavy (non-hydrogen) atoms. The van der Waals surface area contributed by atoms with E-state index in [2.05, 4.69) is 25.9 Å². The average Bonchev–Trinajstić information content (AvgIpc) is 3.55. The van der Waals surface area contributed by atoms with Crippen LogP contribution in [0.3, 0.4) is 0 Å². The normalized spacial score (nSPS) is 19.2. The molecule has 5 rings (SSSR count). The highest BCUT2D eigenvalue weighted by Gasteiger charge is 2.39. The molecule has 1 fully saturated rings. The minimum atomic E-state index is -0.487. The second kappa shape index (κ2) is 8.32. The second-order valence-corrected chi connectivity index (χ2v) is 8.79. The van der Waals surface area contributed by atoms with Gasteiger partial charge in [-0.1, -0.05) is 12.1 Å². The Morgan fingerprint density at radius 2 is 2.09 bits per heavy atom. The molecule has 4 heterocycles. The molecule has 2 aromatic heterocycles. The molecule has 3 amide bonds. The summed E-state index contributed by atoms with van der Waals surface area (Å²) in [7, 11) is 1.82. The summed E-state index contributed by atoms with van der Waals surface area (Å²) in [5, 5.41) is 26.5. The molecule has 0 bridgehead atoms. The van der Waals surface area contributed by atoms with E-state index < -0.39 is 5.91 Å². The first-order valence-electron chi connectivity index (χ1n) is 11.0. The van der Waals surface area contributed by atoms with Gasteiger partial charge in [0.2, 0.25) is 11.8 Å². The topological polar surface area (TPSA) is 145 Å². The summed E-state index contributed by atoms with van der Waals surface area (Å²) in [6, 6.07) is 7.08. The quantitative estimate of drug-likeness (QED) is 0.436. The third kappa shape index (κ3) is 3.89. The number of H-pyrrole nitrogens is 1. The molecule has 0 radical (unpaired) electrons. The number of aromatic amines is 1. The minimum Gasteiger partial charge on any atom is -0.504 e. The first-order valence-corrected chi connectivity index (χ1v) is 11.0. The summed E-state index contributed by atoms with van der Waals surface area (Å²) in [6.45, 7) is 2.33. The van der Waals surface area contributed by atoms with Gasteiger partial charge in [-0.2, -0.15) is 10.2 Å². The van der Waals surface area contributed by atoms with E-state index in [1.54, 1.807) is 22.7 Å². The number of fused-ring (bicyclic) bond motifs is 1. The molecule has 2 aliphatic rings. The number of nitrogens with one attached hydrogen (secondary N) is 3. The Bertz CT molecular complexity index is 1290. The molecule has 0 saturated carbocycles. The molecular weight excluding hydrogens is 438 g/mol. The Hall–Kier alpha value is -4.15. The zero-order valence-corrected chi connectivity index (χ0v) is 18.8. The van der Waals surface area contributed by atoms with Crippen LogP contribution in [0.4, 0.5) is 5.69 Å². The van der Waals surface area contributed by atoms with E-state index in [-0.39, 0.29) is 41.6 Å². The van der Waals surface area contributed by atoms with Crippen molar-refractivity contribution in [3.05, 3.63) is 58.7 Å². The number of nitrogens with zero attached hydrogens (tertiary/aromatic N) is 4. The molecule has 3 aromatic rings. The van der Waals surface area contributed by atoms with Crippen LogP contribution in [0.15, 0.2) is 30.5 Å². The Morgan fingerprint density at radius 3 is 2.79 bits per heavy atom. The minimum absolute atomic E-state index is 0.00813. The van der Waals surface area contributed by atoms with E-state index >= 15 is 0 Å². The number of carbonyl (C=O) groups is 3. The third-order valence-corrected chi connectivity index (χ3v) is 6.52. The van der Waals surface area contributed by atoms with Gasteiger partial charge in [0.1, 0.15) is 5.69 Å². The standard InChI is InChI=1S/C23H25N7O4/c1-12-22(33)21(28-27-12)23(34)26-17-11-30(10-15(17)18-5-6-24-29(18)2)20(32)8-13-3-4-14-9-19(31)25-16(14)7-13/h3-7,15,17,33H,8-11H2,1-2H3,(H,25,31)(H,26,34)(H,27,28)/t15-,17-/m1/s1. The van der Waals surface area contributed by atoms with Crippen molar-refractivity contribution in [2.45, 2.75) is 31.7 Å². The number of hydrogen-bond donors (Lipinski definition) is 4. The number of anilines is 1. The van der Waals surface area contributed by atoms with Gasteiger partial charge >= 0.3 is 0 Å². The summed E-state index contributed by atoms with van der Waals surface area (Å²) in [5.74, 6) is -0.975. The van der Waals surface area contributed by atoms with Gasteiger partial charge in [-0.3, -0.25) is 24.2 Å². The van der Waals surface area contributed by atoms with Gasteiger partial charge in [0.15, 0.2) is 11.4 Å². The van der Waals surface area contributed by atoms with Crippen LogP contribution in [0.5, 0.6) is 5.75 Å². The van der Waals surface area contributed by atoms with E-state index in [1.165, 1.54) is 0 Å². The molecular formula is C23H25N7O4. The van der Waals surface area contributed by atoms with Gasteiger partial charge in [-0.25, -0.2) is 0 Å². The first-order chi connectivity index (χ1) is 16.3.